The van der Waals surface area contributed by atoms with Crippen LogP contribution in [-0.2, 0) is 15.1 Å². The van der Waals surface area contributed by atoms with Crippen LogP contribution in [0.1, 0.15) is 25.0 Å². The summed E-state index contributed by atoms with van der Waals surface area (Å²) in [7, 11) is 0. The molecule has 0 atom stereocenters. The van der Waals surface area contributed by atoms with Crippen LogP contribution in [0.25, 0.3) is 11.1 Å². The molecule has 0 unspecified atom stereocenters. The Morgan fingerprint density at radius 3 is 2.74 bits per heavy atom. The van der Waals surface area contributed by atoms with E-state index >= 15 is 0 Å². The highest BCUT2D eigenvalue weighted by atomic mass is 35.5. The quantitative estimate of drug-likeness (QED) is 0.858. The number of nitrogens with zero attached hydrogens (tertiary/aromatic N) is 1. The highest BCUT2D eigenvalue weighted by Gasteiger charge is 2.29. The third-order valence-electron chi connectivity index (χ3n) is 3.87. The van der Waals surface area contributed by atoms with Gasteiger partial charge in [0.25, 0.3) is 0 Å². The number of anilines is 1. The first-order valence-electron chi connectivity index (χ1n) is 7.18. The van der Waals surface area contributed by atoms with Crippen LogP contribution in [-0.4, -0.2) is 12.5 Å². The molecule has 0 spiro atoms. The number of hydrogen-bond acceptors (Lipinski definition) is 3. The molecule has 0 fully saturated rings. The molecule has 5 heteroatoms. The maximum absolute atomic E-state index is 11.7. The predicted molar refractivity (Wildman–Crippen MR) is 89.2 cm³/mol. The Morgan fingerprint density at radius 2 is 2.00 bits per heavy atom. The minimum absolute atomic E-state index is 0.0206. The van der Waals surface area contributed by atoms with E-state index in [-0.39, 0.29) is 12.5 Å². The molecule has 0 radical (unpaired) electrons. The van der Waals surface area contributed by atoms with Crippen molar-refractivity contribution in [2.45, 2.75) is 19.4 Å². The number of fused-ring (bicyclic) bond motifs is 1. The first-order valence-corrected chi connectivity index (χ1v) is 7.56. The number of halogens is 1. The zero-order valence-corrected chi connectivity index (χ0v) is 13.6. The van der Waals surface area contributed by atoms with Gasteiger partial charge in [0.05, 0.1) is 17.2 Å². The zero-order valence-electron chi connectivity index (χ0n) is 12.8. The van der Waals surface area contributed by atoms with E-state index in [1.807, 2.05) is 38.1 Å². The van der Waals surface area contributed by atoms with Crippen molar-refractivity contribution in [3.05, 3.63) is 52.5 Å². The first-order chi connectivity index (χ1) is 10.9. The number of nitriles is 1. The van der Waals surface area contributed by atoms with Crippen molar-refractivity contribution >= 4 is 23.2 Å². The second-order valence-electron chi connectivity index (χ2n) is 5.95. The number of carbonyl (C=O) groups is 1. The highest BCUT2D eigenvalue weighted by Crippen LogP contribution is 2.37. The lowest BCUT2D eigenvalue weighted by atomic mass is 9.92. The number of ether oxygens (including phenoxy) is 1. The van der Waals surface area contributed by atoms with Crippen LogP contribution < -0.4 is 5.32 Å². The maximum Gasteiger partial charge on any atom is 0.250 e. The molecule has 3 rings (SSSR count). The van der Waals surface area contributed by atoms with E-state index in [4.69, 9.17) is 21.6 Å². The molecule has 0 aliphatic carbocycles. The Morgan fingerprint density at radius 1 is 1.22 bits per heavy atom. The summed E-state index contributed by atoms with van der Waals surface area (Å²) in [6.45, 7) is 3.87. The largest absolute Gasteiger partial charge is 0.361 e. The Bertz CT molecular complexity index is 837. The van der Waals surface area contributed by atoms with Gasteiger partial charge in [-0.3, -0.25) is 4.79 Å². The molecule has 1 N–H and O–H groups in total. The van der Waals surface area contributed by atoms with Crippen LogP contribution in [0.15, 0.2) is 36.4 Å². The summed E-state index contributed by atoms with van der Waals surface area (Å²) in [4.78, 5) is 11.7. The lowest BCUT2D eigenvalue weighted by molar-refractivity contribution is -0.125. The molecule has 0 aromatic heterocycles. The molecule has 0 saturated carbocycles. The van der Waals surface area contributed by atoms with Gasteiger partial charge < -0.3 is 10.1 Å². The number of amides is 1. The minimum atomic E-state index is -0.596. The summed E-state index contributed by atoms with van der Waals surface area (Å²) in [5.74, 6) is -0.168. The van der Waals surface area contributed by atoms with Gasteiger partial charge in [-0.05, 0) is 55.3 Å². The van der Waals surface area contributed by atoms with E-state index in [0.29, 0.717) is 10.6 Å². The molecule has 0 bridgehead atoms. The minimum Gasteiger partial charge on any atom is -0.361 e. The van der Waals surface area contributed by atoms with E-state index < -0.39 is 5.60 Å². The van der Waals surface area contributed by atoms with Crippen LogP contribution in [0.3, 0.4) is 0 Å². The third kappa shape index (κ3) is 3.07. The lowest BCUT2D eigenvalue weighted by Crippen LogP contribution is -2.22. The van der Waals surface area contributed by atoms with Crippen LogP contribution in [0.2, 0.25) is 5.02 Å². The van der Waals surface area contributed by atoms with E-state index in [0.717, 1.165) is 22.4 Å². The Kier molecular flexibility index (Phi) is 3.85. The average molecular weight is 327 g/mol. The maximum atomic E-state index is 11.7. The second-order valence-corrected chi connectivity index (χ2v) is 6.38. The molecule has 23 heavy (non-hydrogen) atoms. The molecule has 2 aromatic rings. The van der Waals surface area contributed by atoms with Gasteiger partial charge in [-0.25, -0.2) is 0 Å². The van der Waals surface area contributed by atoms with E-state index in [1.54, 1.807) is 12.1 Å². The van der Waals surface area contributed by atoms with Gasteiger partial charge in [0, 0.05) is 16.3 Å². The van der Waals surface area contributed by atoms with Crippen molar-refractivity contribution in [1.82, 2.24) is 0 Å². The number of hydrogen-bond donors (Lipinski definition) is 1. The Balaban J connectivity index is 2.14. The number of carbonyl (C=O) groups excluding carboxylic acids is 1. The van der Waals surface area contributed by atoms with Gasteiger partial charge in [0.2, 0.25) is 5.91 Å². The third-order valence-corrected chi connectivity index (χ3v) is 4.08. The van der Waals surface area contributed by atoms with Gasteiger partial charge in [0.1, 0.15) is 6.61 Å². The lowest BCUT2D eigenvalue weighted by Gasteiger charge is -2.25. The molecule has 1 aliphatic heterocycles. The van der Waals surface area contributed by atoms with Gasteiger partial charge in [0.15, 0.2) is 0 Å². The molecule has 116 valence electrons. The smallest absolute Gasteiger partial charge is 0.250 e. The number of benzene rings is 2. The van der Waals surface area contributed by atoms with Crippen LogP contribution in [0.4, 0.5) is 5.69 Å². The Hall–Kier alpha value is -2.35. The zero-order chi connectivity index (χ0) is 16.6. The predicted octanol–water partition coefficient (Wildman–Crippen LogP) is 4.08. The molecular formula is C18H15ClN2O2. The Labute approximate surface area is 139 Å². The molecule has 2 aromatic carbocycles. The summed E-state index contributed by atoms with van der Waals surface area (Å²) < 4.78 is 5.70. The van der Waals surface area contributed by atoms with Crippen molar-refractivity contribution in [1.29, 1.82) is 5.26 Å². The van der Waals surface area contributed by atoms with E-state index in [2.05, 4.69) is 11.4 Å². The molecule has 1 amide bonds. The molecule has 0 saturated heterocycles. The molecule has 4 nitrogen and oxygen atoms in total. The van der Waals surface area contributed by atoms with Gasteiger partial charge in [-0.15, -0.1) is 0 Å². The molecule has 1 heterocycles. The SMILES string of the molecule is CC1(C)OCC(=O)Nc2ccc(-c3cc(Cl)cc(C#N)c3)cc21. The number of rotatable bonds is 1. The summed E-state index contributed by atoms with van der Waals surface area (Å²) in [6.07, 6.45) is 0. The fourth-order valence-corrected chi connectivity index (χ4v) is 2.90. The van der Waals surface area contributed by atoms with Crippen molar-refractivity contribution in [3.8, 4) is 17.2 Å². The van der Waals surface area contributed by atoms with E-state index in [9.17, 15) is 4.79 Å². The van der Waals surface area contributed by atoms with Crippen molar-refractivity contribution in [2.75, 3.05) is 11.9 Å². The summed E-state index contributed by atoms with van der Waals surface area (Å²) >= 11 is 6.09. The first kappa shape index (κ1) is 15.5. The standard InChI is InChI=1S/C18H15ClN2O2/c1-18(2)15-8-12(3-4-16(15)21-17(22)10-23-18)13-5-11(9-20)6-14(19)7-13/h3-8H,10H2,1-2H3,(H,21,22). The monoisotopic (exact) mass is 326 g/mol. The number of nitrogens with one attached hydrogen (secondary N) is 1. The van der Waals surface area contributed by atoms with Crippen LogP contribution >= 0.6 is 11.6 Å². The van der Waals surface area contributed by atoms with Gasteiger partial charge in [-0.2, -0.15) is 5.26 Å². The fourth-order valence-electron chi connectivity index (χ4n) is 2.66. The van der Waals surface area contributed by atoms with Crippen LogP contribution in [0, 0.1) is 11.3 Å². The van der Waals surface area contributed by atoms with E-state index in [1.165, 1.54) is 0 Å². The van der Waals surface area contributed by atoms with Gasteiger partial charge in [-0.1, -0.05) is 17.7 Å². The van der Waals surface area contributed by atoms with Crippen LogP contribution in [0.5, 0.6) is 0 Å². The second kappa shape index (κ2) is 5.69. The summed E-state index contributed by atoms with van der Waals surface area (Å²) in [5.41, 5.74) is 3.30. The summed E-state index contributed by atoms with van der Waals surface area (Å²) in [5, 5.41) is 12.5. The molecule has 1 aliphatic rings. The van der Waals surface area contributed by atoms with Crippen molar-refractivity contribution in [2.24, 2.45) is 0 Å². The topological polar surface area (TPSA) is 62.1 Å². The fraction of sp³-hybridized carbons (Fsp3) is 0.222. The van der Waals surface area contributed by atoms with Crippen molar-refractivity contribution < 1.29 is 9.53 Å². The highest BCUT2D eigenvalue weighted by molar-refractivity contribution is 6.31. The average Bonchev–Trinajstić information content (AvgIpc) is 2.63. The molecular weight excluding hydrogens is 312 g/mol. The normalized spacial score (nSPS) is 16.0. The summed E-state index contributed by atoms with van der Waals surface area (Å²) in [6, 6.07) is 13.0. The van der Waals surface area contributed by atoms with Crippen molar-refractivity contribution in [3.63, 3.8) is 0 Å². The van der Waals surface area contributed by atoms with Gasteiger partial charge >= 0.3 is 0 Å².